The summed E-state index contributed by atoms with van der Waals surface area (Å²) in [7, 11) is 0. The summed E-state index contributed by atoms with van der Waals surface area (Å²) in [5.74, 6) is -0.472. The van der Waals surface area contributed by atoms with Gasteiger partial charge >= 0.3 is 0 Å². The molecule has 0 aliphatic heterocycles. The predicted molar refractivity (Wildman–Crippen MR) is 105 cm³/mol. The SMILES string of the molecule is Cc1cccc(C)c1NC(=O)CNC(=O)Cc1cnn(-c2ccccc2)c1. The normalized spacial score (nSPS) is 10.4. The number of carbonyl (C=O) groups excluding carboxylic acids is 2. The summed E-state index contributed by atoms with van der Waals surface area (Å²) in [6.45, 7) is 3.80. The summed E-state index contributed by atoms with van der Waals surface area (Å²) in [5, 5.41) is 9.77. The lowest BCUT2D eigenvalue weighted by molar-refractivity contribution is -0.123. The molecule has 1 heterocycles. The molecule has 0 fully saturated rings. The van der Waals surface area contributed by atoms with Gasteiger partial charge in [-0.25, -0.2) is 4.68 Å². The molecule has 1 aromatic heterocycles. The van der Waals surface area contributed by atoms with Gasteiger partial charge in [-0.3, -0.25) is 9.59 Å². The van der Waals surface area contributed by atoms with Crippen molar-refractivity contribution >= 4 is 17.5 Å². The highest BCUT2D eigenvalue weighted by atomic mass is 16.2. The van der Waals surface area contributed by atoms with Gasteiger partial charge in [0.2, 0.25) is 11.8 Å². The second-order valence-corrected chi connectivity index (χ2v) is 6.40. The number of anilines is 1. The summed E-state index contributed by atoms with van der Waals surface area (Å²) in [4.78, 5) is 24.2. The van der Waals surface area contributed by atoms with Crippen LogP contribution in [0.2, 0.25) is 0 Å². The number of aromatic nitrogens is 2. The minimum Gasteiger partial charge on any atom is -0.347 e. The Morgan fingerprint density at radius 3 is 2.37 bits per heavy atom. The summed E-state index contributed by atoms with van der Waals surface area (Å²) in [5.41, 5.74) is 4.48. The first-order valence-corrected chi connectivity index (χ1v) is 8.74. The molecule has 0 bridgehead atoms. The number of hydrogen-bond donors (Lipinski definition) is 2. The van der Waals surface area contributed by atoms with Crippen molar-refractivity contribution in [1.29, 1.82) is 0 Å². The van der Waals surface area contributed by atoms with E-state index in [-0.39, 0.29) is 24.8 Å². The molecule has 0 radical (unpaired) electrons. The monoisotopic (exact) mass is 362 g/mol. The average Bonchev–Trinajstić information content (AvgIpc) is 3.12. The molecule has 3 rings (SSSR count). The van der Waals surface area contributed by atoms with Crippen molar-refractivity contribution in [1.82, 2.24) is 15.1 Å². The molecule has 0 unspecified atom stereocenters. The van der Waals surface area contributed by atoms with Gasteiger partial charge in [-0.15, -0.1) is 0 Å². The van der Waals surface area contributed by atoms with Crippen LogP contribution >= 0.6 is 0 Å². The second-order valence-electron chi connectivity index (χ2n) is 6.40. The molecule has 2 aromatic carbocycles. The van der Waals surface area contributed by atoms with Crippen LogP contribution in [-0.2, 0) is 16.0 Å². The molecule has 2 N–H and O–H groups in total. The fraction of sp³-hybridized carbons (Fsp3) is 0.190. The zero-order valence-corrected chi connectivity index (χ0v) is 15.4. The Kier molecular flexibility index (Phi) is 5.66. The maximum absolute atomic E-state index is 12.1. The van der Waals surface area contributed by atoms with Crippen molar-refractivity contribution in [3.05, 3.63) is 77.6 Å². The van der Waals surface area contributed by atoms with Crippen LogP contribution < -0.4 is 10.6 Å². The molecule has 6 heteroatoms. The van der Waals surface area contributed by atoms with E-state index in [1.807, 2.05) is 68.6 Å². The molecule has 0 spiro atoms. The lowest BCUT2D eigenvalue weighted by Crippen LogP contribution is -2.34. The molecular formula is C21H22N4O2. The van der Waals surface area contributed by atoms with Crippen LogP contribution in [-0.4, -0.2) is 28.1 Å². The number of rotatable bonds is 6. The molecule has 27 heavy (non-hydrogen) atoms. The van der Waals surface area contributed by atoms with Gasteiger partial charge < -0.3 is 10.6 Å². The van der Waals surface area contributed by atoms with E-state index in [0.717, 1.165) is 28.1 Å². The molecule has 6 nitrogen and oxygen atoms in total. The van der Waals surface area contributed by atoms with E-state index in [4.69, 9.17) is 0 Å². The second kappa shape index (κ2) is 8.31. The van der Waals surface area contributed by atoms with Gasteiger partial charge in [0.25, 0.3) is 0 Å². The quantitative estimate of drug-likeness (QED) is 0.708. The fourth-order valence-electron chi connectivity index (χ4n) is 2.80. The van der Waals surface area contributed by atoms with E-state index in [1.165, 1.54) is 0 Å². The lowest BCUT2D eigenvalue weighted by Gasteiger charge is -2.11. The van der Waals surface area contributed by atoms with E-state index >= 15 is 0 Å². The van der Waals surface area contributed by atoms with E-state index in [0.29, 0.717) is 0 Å². The maximum Gasteiger partial charge on any atom is 0.243 e. The van der Waals surface area contributed by atoms with E-state index < -0.39 is 0 Å². The van der Waals surface area contributed by atoms with Crippen molar-refractivity contribution in [3.8, 4) is 5.69 Å². The summed E-state index contributed by atoms with van der Waals surface area (Å²) in [6.07, 6.45) is 3.64. The third-order valence-electron chi connectivity index (χ3n) is 4.21. The number of aryl methyl sites for hydroxylation is 2. The molecule has 0 atom stereocenters. The lowest BCUT2D eigenvalue weighted by atomic mass is 10.1. The zero-order chi connectivity index (χ0) is 19.2. The molecule has 138 valence electrons. The zero-order valence-electron chi connectivity index (χ0n) is 15.4. The highest BCUT2D eigenvalue weighted by Gasteiger charge is 2.10. The first kappa shape index (κ1) is 18.4. The number of hydrogen-bond acceptors (Lipinski definition) is 3. The minimum atomic E-state index is -0.249. The van der Waals surface area contributed by atoms with Crippen LogP contribution in [0.1, 0.15) is 16.7 Å². The first-order chi connectivity index (χ1) is 13.0. The maximum atomic E-state index is 12.1. The predicted octanol–water partition coefficient (Wildman–Crippen LogP) is 2.79. The van der Waals surface area contributed by atoms with Crippen molar-refractivity contribution in [3.63, 3.8) is 0 Å². The Balaban J connectivity index is 1.51. The summed E-state index contributed by atoms with van der Waals surface area (Å²) in [6, 6.07) is 15.5. The van der Waals surface area contributed by atoms with Crippen LogP contribution in [0, 0.1) is 13.8 Å². The molecule has 0 saturated carbocycles. The standard InChI is InChI=1S/C21H22N4O2/c1-15-7-6-8-16(2)21(15)24-20(27)13-22-19(26)11-17-12-23-25(14-17)18-9-4-3-5-10-18/h3-10,12,14H,11,13H2,1-2H3,(H,22,26)(H,24,27). The van der Waals surface area contributed by atoms with Crippen LogP contribution in [0.5, 0.6) is 0 Å². The van der Waals surface area contributed by atoms with Gasteiger partial charge in [0.1, 0.15) is 0 Å². The van der Waals surface area contributed by atoms with E-state index in [9.17, 15) is 9.59 Å². The highest BCUT2D eigenvalue weighted by Crippen LogP contribution is 2.19. The van der Waals surface area contributed by atoms with Crippen LogP contribution in [0.3, 0.4) is 0 Å². The number of amides is 2. The number of para-hydroxylation sites is 2. The Hall–Kier alpha value is -3.41. The van der Waals surface area contributed by atoms with E-state index in [1.54, 1.807) is 10.9 Å². The summed E-state index contributed by atoms with van der Waals surface area (Å²) < 4.78 is 1.72. The minimum absolute atomic E-state index is 0.0700. The van der Waals surface area contributed by atoms with Gasteiger partial charge in [-0.2, -0.15) is 5.10 Å². The topological polar surface area (TPSA) is 76.0 Å². The third-order valence-corrected chi connectivity index (χ3v) is 4.21. The Morgan fingerprint density at radius 1 is 0.963 bits per heavy atom. The van der Waals surface area contributed by atoms with Gasteiger partial charge in [-0.05, 0) is 42.7 Å². The van der Waals surface area contributed by atoms with Crippen LogP contribution in [0.25, 0.3) is 5.69 Å². The number of nitrogens with one attached hydrogen (secondary N) is 2. The van der Waals surface area contributed by atoms with Gasteiger partial charge in [0, 0.05) is 11.9 Å². The van der Waals surface area contributed by atoms with Crippen molar-refractivity contribution in [2.45, 2.75) is 20.3 Å². The van der Waals surface area contributed by atoms with Gasteiger partial charge in [0.15, 0.2) is 0 Å². The molecule has 0 aliphatic carbocycles. The molecular weight excluding hydrogens is 340 g/mol. The van der Waals surface area contributed by atoms with E-state index in [2.05, 4.69) is 15.7 Å². The Bertz CT molecular complexity index is 928. The summed E-state index contributed by atoms with van der Waals surface area (Å²) >= 11 is 0. The average molecular weight is 362 g/mol. The third kappa shape index (κ3) is 4.82. The van der Waals surface area contributed by atoms with Crippen LogP contribution in [0.4, 0.5) is 5.69 Å². The fourth-order valence-corrected chi connectivity index (χ4v) is 2.80. The van der Waals surface area contributed by atoms with Gasteiger partial charge in [0.05, 0.1) is 24.8 Å². The number of nitrogens with zero attached hydrogens (tertiary/aromatic N) is 2. The molecule has 2 amide bonds. The Morgan fingerprint density at radius 2 is 1.67 bits per heavy atom. The van der Waals surface area contributed by atoms with Crippen LogP contribution in [0.15, 0.2) is 60.9 Å². The Labute approximate surface area is 158 Å². The number of carbonyl (C=O) groups is 2. The molecule has 0 aliphatic rings. The van der Waals surface area contributed by atoms with Crippen molar-refractivity contribution < 1.29 is 9.59 Å². The smallest absolute Gasteiger partial charge is 0.243 e. The van der Waals surface area contributed by atoms with Crippen molar-refractivity contribution in [2.75, 3.05) is 11.9 Å². The van der Waals surface area contributed by atoms with Gasteiger partial charge in [-0.1, -0.05) is 36.4 Å². The number of benzene rings is 2. The van der Waals surface area contributed by atoms with Crippen molar-refractivity contribution in [2.24, 2.45) is 0 Å². The largest absolute Gasteiger partial charge is 0.347 e. The molecule has 0 saturated heterocycles. The molecule has 3 aromatic rings. The highest BCUT2D eigenvalue weighted by molar-refractivity contribution is 5.95. The first-order valence-electron chi connectivity index (χ1n) is 8.74.